The molecule has 1 saturated carbocycles. The first kappa shape index (κ1) is 32.8. The van der Waals surface area contributed by atoms with Crippen LogP contribution in [-0.2, 0) is 27.1 Å². The van der Waals surface area contributed by atoms with Gasteiger partial charge in [-0.1, -0.05) is 24.3 Å². The van der Waals surface area contributed by atoms with Crippen molar-refractivity contribution in [3.8, 4) is 5.75 Å². The molecule has 230 valence electrons. The third kappa shape index (κ3) is 9.69. The van der Waals surface area contributed by atoms with E-state index in [0.29, 0.717) is 11.3 Å². The predicted octanol–water partition coefficient (Wildman–Crippen LogP) is 0.545. The molecule has 0 bridgehead atoms. The van der Waals surface area contributed by atoms with Gasteiger partial charge in [0, 0.05) is 32.7 Å². The molecular formula is C28H37F3N6O5. The summed E-state index contributed by atoms with van der Waals surface area (Å²) in [5.74, 6) is -1.53. The number of amides is 3. The molecule has 42 heavy (non-hydrogen) atoms. The van der Waals surface area contributed by atoms with Crippen molar-refractivity contribution in [2.75, 3.05) is 26.2 Å². The number of nitrogens with zero attached hydrogens (tertiary/aromatic N) is 1. The summed E-state index contributed by atoms with van der Waals surface area (Å²) in [6, 6.07) is 7.50. The quantitative estimate of drug-likeness (QED) is 0.173. The Hall–Kier alpha value is -3.72. The number of halogens is 3. The van der Waals surface area contributed by atoms with Crippen molar-refractivity contribution in [2.45, 2.75) is 56.3 Å². The molecule has 11 nitrogen and oxygen atoms in total. The van der Waals surface area contributed by atoms with Crippen LogP contribution in [0.5, 0.6) is 5.75 Å². The fourth-order valence-corrected chi connectivity index (χ4v) is 4.06. The van der Waals surface area contributed by atoms with Gasteiger partial charge in [0.1, 0.15) is 17.9 Å². The van der Waals surface area contributed by atoms with E-state index in [1.165, 1.54) is 4.90 Å². The molecule has 0 heterocycles. The van der Waals surface area contributed by atoms with Gasteiger partial charge in [-0.3, -0.25) is 14.4 Å². The Balaban J connectivity index is 1.72. The highest BCUT2D eigenvalue weighted by Gasteiger charge is 2.34. The van der Waals surface area contributed by atoms with Gasteiger partial charge in [0.2, 0.25) is 17.7 Å². The molecule has 3 amide bonds. The zero-order chi connectivity index (χ0) is 30.9. The molecule has 0 spiro atoms. The maximum Gasteiger partial charge on any atom is 0.416 e. The lowest BCUT2D eigenvalue weighted by molar-refractivity contribution is -0.138. The van der Waals surface area contributed by atoms with Crippen molar-refractivity contribution in [1.29, 1.82) is 0 Å². The first-order chi connectivity index (χ1) is 19.9. The lowest BCUT2D eigenvalue weighted by Gasteiger charge is -2.26. The summed E-state index contributed by atoms with van der Waals surface area (Å²) in [5, 5.41) is 16.0. The van der Waals surface area contributed by atoms with Crippen LogP contribution in [0, 0.1) is 0 Å². The maximum absolute atomic E-state index is 13.2. The van der Waals surface area contributed by atoms with Crippen LogP contribution in [0.3, 0.4) is 0 Å². The van der Waals surface area contributed by atoms with Crippen LogP contribution < -0.4 is 32.6 Å². The number of aliphatic hydroxyl groups is 1. The second kappa shape index (κ2) is 15.0. The zero-order valence-corrected chi connectivity index (χ0v) is 23.0. The summed E-state index contributed by atoms with van der Waals surface area (Å²) < 4.78 is 44.8. The standard InChI is InChI=1S/C28H37F3N6O5/c29-28(30,31)19-5-3-18(4-6-19)25(39)24(36-26(40)22(34)15-23(38)37(13-11-32)14-12-33)27(41)35-16-17-1-7-20(8-2-17)42-21-9-10-21/h1-8,21-22,24-25,39H,9-16,32-34H2,(H,35,41)(H,36,40)/t22-,24?,25+/m0/s1. The van der Waals surface area contributed by atoms with E-state index in [-0.39, 0.29) is 44.4 Å². The number of carbonyl (C=O) groups is 3. The molecule has 1 unspecified atom stereocenters. The van der Waals surface area contributed by atoms with Crippen LogP contribution in [0.2, 0.25) is 0 Å². The second-order valence-corrected chi connectivity index (χ2v) is 10.00. The van der Waals surface area contributed by atoms with Gasteiger partial charge in [0.15, 0.2) is 0 Å². The molecule has 0 aromatic heterocycles. The second-order valence-electron chi connectivity index (χ2n) is 10.00. The molecule has 3 atom stereocenters. The molecule has 0 aliphatic heterocycles. The van der Waals surface area contributed by atoms with E-state index in [0.717, 1.165) is 37.1 Å². The van der Waals surface area contributed by atoms with Gasteiger partial charge in [-0.15, -0.1) is 0 Å². The number of rotatable bonds is 15. The van der Waals surface area contributed by atoms with Crippen molar-refractivity contribution in [2.24, 2.45) is 17.2 Å². The van der Waals surface area contributed by atoms with Crippen LogP contribution in [-0.4, -0.2) is 72.1 Å². The summed E-state index contributed by atoms with van der Waals surface area (Å²) in [6.07, 6.45) is -4.54. The van der Waals surface area contributed by atoms with Crippen LogP contribution in [0.15, 0.2) is 48.5 Å². The number of aliphatic hydroxyl groups excluding tert-OH is 1. The number of ether oxygens (including phenoxy) is 1. The van der Waals surface area contributed by atoms with E-state index in [2.05, 4.69) is 10.6 Å². The molecule has 1 fully saturated rings. The van der Waals surface area contributed by atoms with E-state index in [4.69, 9.17) is 21.9 Å². The lowest BCUT2D eigenvalue weighted by atomic mass is 9.99. The van der Waals surface area contributed by atoms with Crippen molar-refractivity contribution >= 4 is 17.7 Å². The van der Waals surface area contributed by atoms with Crippen molar-refractivity contribution in [3.05, 3.63) is 65.2 Å². The third-order valence-electron chi connectivity index (χ3n) is 6.57. The number of hydrogen-bond acceptors (Lipinski definition) is 8. The fraction of sp³-hybridized carbons (Fsp3) is 0.464. The van der Waals surface area contributed by atoms with E-state index in [9.17, 15) is 32.7 Å². The molecule has 1 aliphatic carbocycles. The monoisotopic (exact) mass is 594 g/mol. The lowest BCUT2D eigenvalue weighted by Crippen LogP contribution is -2.55. The number of nitrogens with one attached hydrogen (secondary N) is 2. The molecule has 3 rings (SSSR count). The summed E-state index contributed by atoms with van der Waals surface area (Å²) in [5.41, 5.74) is 16.7. The molecule has 2 aromatic rings. The van der Waals surface area contributed by atoms with Crippen molar-refractivity contribution in [3.63, 3.8) is 0 Å². The molecule has 2 aromatic carbocycles. The first-order valence-corrected chi connectivity index (χ1v) is 13.5. The van der Waals surface area contributed by atoms with Crippen LogP contribution in [0.4, 0.5) is 13.2 Å². The van der Waals surface area contributed by atoms with E-state index >= 15 is 0 Å². The third-order valence-corrected chi connectivity index (χ3v) is 6.57. The molecule has 0 radical (unpaired) electrons. The molecular weight excluding hydrogens is 557 g/mol. The molecule has 1 aliphatic rings. The minimum atomic E-state index is -4.60. The number of nitrogens with two attached hydrogens (primary N) is 3. The number of carbonyl (C=O) groups excluding carboxylic acids is 3. The van der Waals surface area contributed by atoms with Gasteiger partial charge in [0.05, 0.1) is 24.1 Å². The van der Waals surface area contributed by atoms with Crippen LogP contribution >= 0.6 is 0 Å². The van der Waals surface area contributed by atoms with Gasteiger partial charge in [-0.2, -0.15) is 13.2 Å². The van der Waals surface area contributed by atoms with E-state index in [1.54, 1.807) is 24.3 Å². The van der Waals surface area contributed by atoms with E-state index < -0.39 is 54.1 Å². The van der Waals surface area contributed by atoms with Gasteiger partial charge in [0.25, 0.3) is 0 Å². The Morgan fingerprint density at radius 3 is 2.10 bits per heavy atom. The summed E-state index contributed by atoms with van der Waals surface area (Å²) in [4.78, 5) is 40.1. The minimum Gasteiger partial charge on any atom is -0.490 e. The van der Waals surface area contributed by atoms with Crippen LogP contribution in [0.25, 0.3) is 0 Å². The molecule has 0 saturated heterocycles. The van der Waals surface area contributed by atoms with Gasteiger partial charge < -0.3 is 42.6 Å². The van der Waals surface area contributed by atoms with Crippen molar-refractivity contribution in [1.82, 2.24) is 15.5 Å². The van der Waals surface area contributed by atoms with Crippen LogP contribution in [0.1, 0.15) is 42.1 Å². The SMILES string of the molecule is NCCN(CCN)C(=O)C[C@H](N)C(=O)NC(C(=O)NCc1ccc(OC2CC2)cc1)[C@H](O)c1ccc(C(F)(F)F)cc1. The number of hydrogen-bond donors (Lipinski definition) is 6. The average molecular weight is 595 g/mol. The number of alkyl halides is 3. The van der Waals surface area contributed by atoms with Gasteiger partial charge >= 0.3 is 6.18 Å². The summed E-state index contributed by atoms with van der Waals surface area (Å²) in [7, 11) is 0. The van der Waals surface area contributed by atoms with Gasteiger partial charge in [-0.25, -0.2) is 0 Å². The zero-order valence-electron chi connectivity index (χ0n) is 23.0. The first-order valence-electron chi connectivity index (χ1n) is 13.5. The largest absolute Gasteiger partial charge is 0.490 e. The minimum absolute atomic E-state index is 0.0202. The smallest absolute Gasteiger partial charge is 0.416 e. The number of benzene rings is 2. The topological polar surface area (TPSA) is 186 Å². The Morgan fingerprint density at radius 2 is 1.57 bits per heavy atom. The summed E-state index contributed by atoms with van der Waals surface area (Å²) >= 11 is 0. The maximum atomic E-state index is 13.2. The fourth-order valence-electron chi connectivity index (χ4n) is 4.06. The molecule has 14 heteroatoms. The molecule has 9 N–H and O–H groups in total. The van der Waals surface area contributed by atoms with E-state index in [1.807, 2.05) is 0 Å². The highest BCUT2D eigenvalue weighted by molar-refractivity contribution is 5.92. The summed E-state index contributed by atoms with van der Waals surface area (Å²) in [6.45, 7) is 0.772. The Morgan fingerprint density at radius 1 is 0.976 bits per heavy atom. The Kier molecular flexibility index (Phi) is 11.7. The Labute approximate surface area is 241 Å². The highest BCUT2D eigenvalue weighted by atomic mass is 19.4. The Bertz CT molecular complexity index is 1190. The van der Waals surface area contributed by atoms with Gasteiger partial charge in [-0.05, 0) is 48.2 Å². The average Bonchev–Trinajstić information content (AvgIpc) is 3.78. The van der Waals surface area contributed by atoms with Crippen molar-refractivity contribution < 1.29 is 37.4 Å². The highest BCUT2D eigenvalue weighted by Crippen LogP contribution is 2.30. The normalized spacial score (nSPS) is 15.3. The predicted molar refractivity (Wildman–Crippen MR) is 148 cm³/mol.